The van der Waals surface area contributed by atoms with Gasteiger partial charge in [0.1, 0.15) is 0 Å². The Morgan fingerprint density at radius 3 is 2.33 bits per heavy atom. The van der Waals surface area contributed by atoms with Gasteiger partial charge < -0.3 is 5.73 Å². The quantitative estimate of drug-likeness (QED) is 0.673. The van der Waals surface area contributed by atoms with Crippen LogP contribution in [-0.2, 0) is 10.2 Å². The van der Waals surface area contributed by atoms with Crippen molar-refractivity contribution >= 4 is 10.2 Å². The van der Waals surface area contributed by atoms with Gasteiger partial charge in [-0.05, 0) is 13.3 Å². The molecule has 5 heteroatoms. The number of rotatable bonds is 5. The maximum Gasteiger partial charge on any atom is 0.304 e. The van der Waals surface area contributed by atoms with Gasteiger partial charge in [-0.3, -0.25) is 0 Å². The number of hydrogen-bond donors (Lipinski definition) is 1. The normalized spacial score (nSPS) is 17.3. The molecule has 0 aromatic heterocycles. The van der Waals surface area contributed by atoms with Crippen molar-refractivity contribution in [3.05, 3.63) is 0 Å². The monoisotopic (exact) mass is 197 g/mol. The predicted molar refractivity (Wildman–Crippen MR) is 47.0 cm³/mol. The average molecular weight is 197 g/mol. The fourth-order valence-corrected chi connectivity index (χ4v) is 1.98. The summed E-state index contributed by atoms with van der Waals surface area (Å²) in [6.07, 6.45) is 2.29. The fraction of sp³-hybridized carbons (Fsp3) is 1.00. The lowest BCUT2D eigenvalue weighted by Crippen LogP contribution is -2.42. The first-order valence-corrected chi connectivity index (χ1v) is 5.53. The second kappa shape index (κ2) is 4.18. The van der Waals surface area contributed by atoms with Crippen LogP contribution in [0.25, 0.3) is 0 Å². The van der Waals surface area contributed by atoms with Crippen LogP contribution >= 0.6 is 0 Å². The molecule has 0 aromatic carbocycles. The van der Waals surface area contributed by atoms with E-state index in [1.807, 2.05) is 6.92 Å². The number of unbranched alkanes of at least 4 members (excludes halogenated alkanes) is 1. The standard InChI is InChI=1S/C7H16FNO2S/c1-3-4-5-7(2,9)6-12(8,10)11/h3-6,9H2,1-2H3. The summed E-state index contributed by atoms with van der Waals surface area (Å²) in [5.74, 6) is -0.583. The Bertz CT molecular complexity index is 224. The molecule has 0 radical (unpaired) electrons. The Kier molecular flexibility index (Phi) is 4.13. The minimum Gasteiger partial charge on any atom is -0.324 e. The molecule has 1 atom stereocenters. The van der Waals surface area contributed by atoms with Crippen LogP contribution in [-0.4, -0.2) is 19.7 Å². The molecule has 0 rings (SSSR count). The van der Waals surface area contributed by atoms with Gasteiger partial charge >= 0.3 is 10.2 Å². The van der Waals surface area contributed by atoms with E-state index in [0.29, 0.717) is 6.42 Å². The molecule has 0 saturated carbocycles. The van der Waals surface area contributed by atoms with E-state index < -0.39 is 21.5 Å². The summed E-state index contributed by atoms with van der Waals surface area (Å²) in [5.41, 5.74) is 4.64. The van der Waals surface area contributed by atoms with Crippen molar-refractivity contribution in [1.29, 1.82) is 0 Å². The molecule has 0 aliphatic rings. The summed E-state index contributed by atoms with van der Waals surface area (Å²) < 4.78 is 32.7. The fourth-order valence-electron chi connectivity index (χ4n) is 1.05. The molecule has 0 amide bonds. The van der Waals surface area contributed by atoms with Crippen LogP contribution in [0, 0.1) is 0 Å². The smallest absolute Gasteiger partial charge is 0.304 e. The lowest BCUT2D eigenvalue weighted by atomic mass is 9.99. The van der Waals surface area contributed by atoms with Gasteiger partial charge in [-0.2, -0.15) is 8.42 Å². The van der Waals surface area contributed by atoms with Crippen LogP contribution in [0.5, 0.6) is 0 Å². The molecule has 0 bridgehead atoms. The third-order valence-electron chi connectivity index (χ3n) is 1.60. The van der Waals surface area contributed by atoms with Gasteiger partial charge in [0.2, 0.25) is 0 Å². The van der Waals surface area contributed by atoms with Gasteiger partial charge in [0.25, 0.3) is 0 Å². The molecule has 0 aromatic rings. The van der Waals surface area contributed by atoms with Gasteiger partial charge in [-0.25, -0.2) is 0 Å². The zero-order chi connectivity index (χ0) is 9.83. The molecule has 0 aliphatic carbocycles. The third kappa shape index (κ3) is 6.54. The molecule has 0 fully saturated rings. The van der Waals surface area contributed by atoms with Crippen LogP contribution in [0.4, 0.5) is 3.89 Å². The lowest BCUT2D eigenvalue weighted by Gasteiger charge is -2.21. The Labute approximate surface area is 73.4 Å². The van der Waals surface area contributed by atoms with Crippen LogP contribution in [0.1, 0.15) is 33.1 Å². The summed E-state index contributed by atoms with van der Waals surface area (Å²) in [5, 5.41) is 0. The van der Waals surface area contributed by atoms with Crippen molar-refractivity contribution in [1.82, 2.24) is 0 Å². The van der Waals surface area contributed by atoms with E-state index in [0.717, 1.165) is 12.8 Å². The van der Waals surface area contributed by atoms with Crippen LogP contribution in [0.15, 0.2) is 0 Å². The minimum absolute atomic E-state index is 0.534. The van der Waals surface area contributed by atoms with Gasteiger partial charge in [-0.1, -0.05) is 19.8 Å². The Morgan fingerprint density at radius 1 is 1.50 bits per heavy atom. The summed E-state index contributed by atoms with van der Waals surface area (Å²) in [4.78, 5) is 0. The highest BCUT2D eigenvalue weighted by molar-refractivity contribution is 7.86. The van der Waals surface area contributed by atoms with Gasteiger partial charge in [-0.15, -0.1) is 3.89 Å². The summed E-state index contributed by atoms with van der Waals surface area (Å²) in [6, 6.07) is 0. The molecule has 0 saturated heterocycles. The number of halogens is 1. The van der Waals surface area contributed by atoms with E-state index in [1.54, 1.807) is 6.92 Å². The Morgan fingerprint density at radius 2 is 2.00 bits per heavy atom. The van der Waals surface area contributed by atoms with Crippen molar-refractivity contribution < 1.29 is 12.3 Å². The first kappa shape index (κ1) is 11.8. The first-order chi connectivity index (χ1) is 5.27. The molecule has 0 aliphatic heterocycles. The summed E-state index contributed by atoms with van der Waals surface area (Å²) in [7, 11) is -4.44. The van der Waals surface area contributed by atoms with Crippen molar-refractivity contribution in [2.45, 2.75) is 38.6 Å². The van der Waals surface area contributed by atoms with Crippen LogP contribution in [0.3, 0.4) is 0 Å². The highest BCUT2D eigenvalue weighted by Crippen LogP contribution is 2.13. The van der Waals surface area contributed by atoms with Crippen molar-refractivity contribution in [2.75, 3.05) is 5.75 Å². The molecular formula is C7H16FNO2S. The highest BCUT2D eigenvalue weighted by atomic mass is 32.3. The van der Waals surface area contributed by atoms with Gasteiger partial charge in [0.05, 0.1) is 5.75 Å². The molecule has 2 N–H and O–H groups in total. The first-order valence-electron chi connectivity index (χ1n) is 3.98. The van der Waals surface area contributed by atoms with Gasteiger partial charge in [0.15, 0.2) is 0 Å². The van der Waals surface area contributed by atoms with Gasteiger partial charge in [0, 0.05) is 5.54 Å². The Hall–Kier alpha value is -0.160. The summed E-state index contributed by atoms with van der Waals surface area (Å²) >= 11 is 0. The molecule has 1 unspecified atom stereocenters. The van der Waals surface area contributed by atoms with Crippen molar-refractivity contribution in [2.24, 2.45) is 5.73 Å². The highest BCUT2D eigenvalue weighted by Gasteiger charge is 2.25. The van der Waals surface area contributed by atoms with Crippen LogP contribution in [0.2, 0.25) is 0 Å². The maximum atomic E-state index is 12.2. The van der Waals surface area contributed by atoms with Crippen molar-refractivity contribution in [3.63, 3.8) is 0 Å². The zero-order valence-electron chi connectivity index (χ0n) is 7.51. The molecular weight excluding hydrogens is 181 g/mol. The summed E-state index contributed by atoms with van der Waals surface area (Å²) in [6.45, 7) is 3.53. The van der Waals surface area contributed by atoms with Crippen LogP contribution < -0.4 is 5.73 Å². The second-order valence-electron chi connectivity index (χ2n) is 3.44. The van der Waals surface area contributed by atoms with E-state index in [1.165, 1.54) is 0 Å². The van der Waals surface area contributed by atoms with E-state index >= 15 is 0 Å². The minimum atomic E-state index is -4.44. The third-order valence-corrected chi connectivity index (χ3v) is 2.61. The van der Waals surface area contributed by atoms with E-state index in [9.17, 15) is 12.3 Å². The molecule has 0 heterocycles. The maximum absolute atomic E-state index is 12.2. The second-order valence-corrected chi connectivity index (χ2v) is 4.81. The average Bonchev–Trinajstić information content (AvgIpc) is 1.78. The predicted octanol–water partition coefficient (Wildman–Crippen LogP) is 1.19. The molecule has 3 nitrogen and oxygen atoms in total. The Balaban J connectivity index is 4.04. The van der Waals surface area contributed by atoms with E-state index in [4.69, 9.17) is 5.73 Å². The van der Waals surface area contributed by atoms with Crippen molar-refractivity contribution in [3.8, 4) is 0 Å². The number of hydrogen-bond acceptors (Lipinski definition) is 3. The largest absolute Gasteiger partial charge is 0.324 e. The zero-order valence-corrected chi connectivity index (χ0v) is 8.32. The molecule has 74 valence electrons. The van der Waals surface area contributed by atoms with E-state index in [2.05, 4.69) is 0 Å². The SMILES string of the molecule is CCCCC(C)(N)CS(=O)(=O)F. The number of nitrogens with two attached hydrogens (primary N) is 1. The van der Waals surface area contributed by atoms with E-state index in [-0.39, 0.29) is 0 Å². The molecule has 12 heavy (non-hydrogen) atoms. The lowest BCUT2D eigenvalue weighted by molar-refractivity contribution is 0.442. The molecule has 0 spiro atoms. The topological polar surface area (TPSA) is 60.2 Å².